The molecule has 2 aromatic rings. The average molecular weight is 451 g/mol. The Hall–Kier alpha value is -2.65. The summed E-state index contributed by atoms with van der Waals surface area (Å²) in [5.74, 6) is -1.05. The molecule has 0 spiro atoms. The predicted octanol–water partition coefficient (Wildman–Crippen LogP) is 5.24. The first kappa shape index (κ1) is 22.0. The fourth-order valence-electron chi connectivity index (χ4n) is 2.84. The number of nitrogens with one attached hydrogen (secondary N) is 1. The molecule has 2 amide bonds. The van der Waals surface area contributed by atoms with E-state index in [4.69, 9.17) is 12.2 Å². The van der Waals surface area contributed by atoms with Gasteiger partial charge in [-0.15, -0.1) is 0 Å². The number of halogens is 3. The Labute approximate surface area is 181 Å². The van der Waals surface area contributed by atoms with Crippen molar-refractivity contribution in [3.8, 4) is 0 Å². The van der Waals surface area contributed by atoms with Gasteiger partial charge >= 0.3 is 6.18 Å². The van der Waals surface area contributed by atoms with Crippen molar-refractivity contribution in [1.29, 1.82) is 0 Å². The van der Waals surface area contributed by atoms with E-state index in [1.807, 2.05) is 31.2 Å². The molecule has 0 radical (unpaired) electrons. The van der Waals surface area contributed by atoms with Gasteiger partial charge in [-0.3, -0.25) is 14.5 Å². The van der Waals surface area contributed by atoms with E-state index >= 15 is 0 Å². The molecule has 0 saturated carbocycles. The van der Waals surface area contributed by atoms with Crippen LogP contribution in [0.4, 0.5) is 18.9 Å². The number of alkyl halides is 3. The number of benzene rings is 2. The Balaban J connectivity index is 1.77. The quantitative estimate of drug-likeness (QED) is 0.511. The summed E-state index contributed by atoms with van der Waals surface area (Å²) in [6.45, 7) is 3.39. The first-order chi connectivity index (χ1) is 14.1. The van der Waals surface area contributed by atoms with Crippen LogP contribution in [0.15, 0.2) is 53.4 Å². The molecule has 1 unspecified atom stereocenters. The SMILES string of the molecule is Cc1ccccc1/C=C1\SC(=S)N(C(C)C(=O)Nc2cccc(C(F)(F)F)c2)C1=O. The summed E-state index contributed by atoms with van der Waals surface area (Å²) in [6.07, 6.45) is -2.81. The maximum absolute atomic E-state index is 12.9. The highest BCUT2D eigenvalue weighted by Crippen LogP contribution is 2.35. The van der Waals surface area contributed by atoms with Crippen LogP contribution in [-0.2, 0) is 15.8 Å². The number of thiocarbonyl (C=S) groups is 1. The summed E-state index contributed by atoms with van der Waals surface area (Å²) in [5.41, 5.74) is 0.958. The molecule has 1 N–H and O–H groups in total. The first-order valence-electron chi connectivity index (χ1n) is 8.89. The van der Waals surface area contributed by atoms with Gasteiger partial charge in [-0.05, 0) is 49.2 Å². The monoisotopic (exact) mass is 450 g/mol. The average Bonchev–Trinajstić information content (AvgIpc) is 2.95. The maximum atomic E-state index is 12.9. The lowest BCUT2D eigenvalue weighted by Crippen LogP contribution is -2.44. The summed E-state index contributed by atoms with van der Waals surface area (Å²) in [4.78, 5) is 27.0. The summed E-state index contributed by atoms with van der Waals surface area (Å²) >= 11 is 6.36. The van der Waals surface area contributed by atoms with Crippen LogP contribution in [0, 0.1) is 6.92 Å². The highest BCUT2D eigenvalue weighted by Gasteiger charge is 2.38. The topological polar surface area (TPSA) is 49.4 Å². The van der Waals surface area contributed by atoms with Crippen molar-refractivity contribution in [3.63, 3.8) is 0 Å². The number of amides is 2. The molecule has 1 saturated heterocycles. The molecule has 9 heteroatoms. The normalized spacial score (nSPS) is 16.8. The number of hydrogen-bond donors (Lipinski definition) is 1. The minimum Gasteiger partial charge on any atom is -0.324 e. The first-order valence-corrected chi connectivity index (χ1v) is 10.1. The molecule has 0 bridgehead atoms. The largest absolute Gasteiger partial charge is 0.416 e. The van der Waals surface area contributed by atoms with Gasteiger partial charge in [0, 0.05) is 5.69 Å². The van der Waals surface area contributed by atoms with Crippen LogP contribution in [0.2, 0.25) is 0 Å². The van der Waals surface area contributed by atoms with Gasteiger partial charge in [-0.1, -0.05) is 54.3 Å². The third-order valence-corrected chi connectivity index (χ3v) is 5.85. The Bertz CT molecular complexity index is 1050. The second-order valence-corrected chi connectivity index (χ2v) is 8.33. The number of rotatable bonds is 4. The Morgan fingerprint density at radius 2 is 1.90 bits per heavy atom. The number of carbonyl (C=O) groups is 2. The number of carbonyl (C=O) groups excluding carboxylic acids is 2. The minimum absolute atomic E-state index is 0.0115. The van der Waals surface area contributed by atoms with Gasteiger partial charge in [-0.2, -0.15) is 13.2 Å². The van der Waals surface area contributed by atoms with Gasteiger partial charge < -0.3 is 5.32 Å². The van der Waals surface area contributed by atoms with Crippen LogP contribution in [0.3, 0.4) is 0 Å². The molecule has 4 nitrogen and oxygen atoms in total. The van der Waals surface area contributed by atoms with Gasteiger partial charge in [0.1, 0.15) is 10.4 Å². The standard InChI is InChI=1S/C21H17F3N2O2S2/c1-12-6-3-4-7-14(12)10-17-19(28)26(20(29)30-17)13(2)18(27)25-16-9-5-8-15(11-16)21(22,23)24/h3-11,13H,1-2H3,(H,25,27)/b17-10-. The van der Waals surface area contributed by atoms with E-state index < -0.39 is 29.6 Å². The number of hydrogen-bond acceptors (Lipinski definition) is 4. The molecule has 1 aliphatic heterocycles. The predicted molar refractivity (Wildman–Crippen MR) is 116 cm³/mol. The number of aryl methyl sites for hydroxylation is 1. The number of nitrogens with zero attached hydrogens (tertiary/aromatic N) is 1. The molecule has 1 aliphatic rings. The van der Waals surface area contributed by atoms with Gasteiger partial charge in [-0.25, -0.2) is 0 Å². The van der Waals surface area contributed by atoms with E-state index in [0.717, 1.165) is 35.0 Å². The fourth-order valence-corrected chi connectivity index (χ4v) is 4.25. The zero-order valence-electron chi connectivity index (χ0n) is 16.0. The lowest BCUT2D eigenvalue weighted by Gasteiger charge is -2.22. The molecule has 156 valence electrons. The lowest BCUT2D eigenvalue weighted by atomic mass is 10.1. The van der Waals surface area contributed by atoms with Crippen molar-refractivity contribution < 1.29 is 22.8 Å². The lowest BCUT2D eigenvalue weighted by molar-refractivity contribution is -0.137. The molecule has 30 heavy (non-hydrogen) atoms. The molecule has 1 fully saturated rings. The van der Waals surface area contributed by atoms with Gasteiger partial charge in [0.2, 0.25) is 5.91 Å². The molecule has 0 aromatic heterocycles. The van der Waals surface area contributed by atoms with Crippen molar-refractivity contribution in [2.24, 2.45) is 0 Å². The van der Waals surface area contributed by atoms with Crippen molar-refractivity contribution in [2.45, 2.75) is 26.1 Å². The highest BCUT2D eigenvalue weighted by molar-refractivity contribution is 8.26. The van der Waals surface area contributed by atoms with Gasteiger partial charge in [0.15, 0.2) is 0 Å². The molecule has 3 rings (SSSR count). The Morgan fingerprint density at radius 3 is 2.57 bits per heavy atom. The van der Waals surface area contributed by atoms with Crippen LogP contribution in [0.1, 0.15) is 23.6 Å². The van der Waals surface area contributed by atoms with Gasteiger partial charge in [0.25, 0.3) is 5.91 Å². The second-order valence-electron chi connectivity index (χ2n) is 6.65. The van der Waals surface area contributed by atoms with E-state index in [1.165, 1.54) is 24.0 Å². The second kappa shape index (κ2) is 8.61. The number of thioether (sulfide) groups is 1. The minimum atomic E-state index is -4.52. The summed E-state index contributed by atoms with van der Waals surface area (Å²) in [5, 5.41) is 2.42. The van der Waals surface area contributed by atoms with Crippen LogP contribution in [0.25, 0.3) is 6.08 Å². The molecule has 2 aromatic carbocycles. The van der Waals surface area contributed by atoms with Crippen molar-refractivity contribution in [1.82, 2.24) is 4.90 Å². The van der Waals surface area contributed by atoms with Crippen molar-refractivity contribution in [3.05, 3.63) is 70.1 Å². The van der Waals surface area contributed by atoms with Gasteiger partial charge in [0.05, 0.1) is 10.5 Å². The van der Waals surface area contributed by atoms with Crippen LogP contribution < -0.4 is 5.32 Å². The van der Waals surface area contributed by atoms with Crippen LogP contribution in [0.5, 0.6) is 0 Å². The van der Waals surface area contributed by atoms with Crippen molar-refractivity contribution >= 4 is 51.9 Å². The molecular weight excluding hydrogens is 433 g/mol. The Kier molecular flexibility index (Phi) is 6.33. The van der Waals surface area contributed by atoms with E-state index in [1.54, 1.807) is 6.08 Å². The van der Waals surface area contributed by atoms with E-state index in [2.05, 4.69) is 5.32 Å². The molecule has 1 atom stereocenters. The van der Waals surface area contributed by atoms with Crippen LogP contribution >= 0.6 is 24.0 Å². The van der Waals surface area contributed by atoms with E-state index in [9.17, 15) is 22.8 Å². The molecule has 0 aliphatic carbocycles. The fraction of sp³-hybridized carbons (Fsp3) is 0.190. The zero-order chi connectivity index (χ0) is 22.1. The summed E-state index contributed by atoms with van der Waals surface area (Å²) < 4.78 is 38.8. The maximum Gasteiger partial charge on any atom is 0.416 e. The van der Waals surface area contributed by atoms with Crippen molar-refractivity contribution in [2.75, 3.05) is 5.32 Å². The Morgan fingerprint density at radius 1 is 1.20 bits per heavy atom. The molecular formula is C21H17F3N2O2S2. The summed E-state index contributed by atoms with van der Waals surface area (Å²) in [6, 6.07) is 10.8. The number of anilines is 1. The molecule has 1 heterocycles. The zero-order valence-corrected chi connectivity index (χ0v) is 17.6. The smallest absolute Gasteiger partial charge is 0.324 e. The van der Waals surface area contributed by atoms with E-state index in [0.29, 0.717) is 4.91 Å². The third kappa shape index (κ3) is 4.73. The van der Waals surface area contributed by atoms with E-state index in [-0.39, 0.29) is 10.0 Å². The highest BCUT2D eigenvalue weighted by atomic mass is 32.2. The van der Waals surface area contributed by atoms with Crippen LogP contribution in [-0.4, -0.2) is 27.1 Å². The third-order valence-electron chi connectivity index (χ3n) is 4.52. The summed E-state index contributed by atoms with van der Waals surface area (Å²) in [7, 11) is 0.